The van der Waals surface area contributed by atoms with Crippen LogP contribution in [0.4, 0.5) is 0 Å². The average Bonchev–Trinajstić information content (AvgIpc) is 2.62. The fourth-order valence-corrected chi connectivity index (χ4v) is 4.74. The largest absolute Gasteiger partial charge is 0.469 e. The van der Waals surface area contributed by atoms with Crippen molar-refractivity contribution in [1.29, 1.82) is 0 Å². The Morgan fingerprint density at radius 3 is 2.13 bits per heavy atom. The van der Waals surface area contributed by atoms with Crippen LogP contribution in [-0.2, 0) is 19.1 Å². The van der Waals surface area contributed by atoms with Crippen LogP contribution in [0.3, 0.4) is 0 Å². The molecule has 8 heteroatoms. The highest BCUT2D eigenvalue weighted by Gasteiger charge is 2.43. The Labute approximate surface area is 192 Å². The smallest absolute Gasteiger partial charge is 0.336 e. The first-order chi connectivity index (χ1) is 14.2. The number of aliphatic imine (C=N–C) groups is 1. The van der Waals surface area contributed by atoms with Crippen LogP contribution in [0.5, 0.6) is 0 Å². The van der Waals surface area contributed by atoms with Crippen molar-refractivity contribution < 1.29 is 19.1 Å². The van der Waals surface area contributed by atoms with Crippen LogP contribution >= 0.6 is 11.6 Å². The number of carbonyl (C=O) groups is 2. The summed E-state index contributed by atoms with van der Waals surface area (Å²) in [6.07, 6.45) is 0.814. The van der Waals surface area contributed by atoms with E-state index >= 15 is 0 Å². The van der Waals surface area contributed by atoms with Gasteiger partial charge in [0.25, 0.3) is 0 Å². The Morgan fingerprint density at radius 2 is 1.58 bits per heavy atom. The van der Waals surface area contributed by atoms with Gasteiger partial charge >= 0.3 is 11.9 Å². The van der Waals surface area contributed by atoms with E-state index in [1.807, 2.05) is 19.1 Å². The predicted octanol–water partition coefficient (Wildman–Crippen LogP) is 5.63. The molecule has 0 bridgehead atoms. The molecule has 0 saturated heterocycles. The molecule has 2 unspecified atom stereocenters. The van der Waals surface area contributed by atoms with Gasteiger partial charge in [-0.25, -0.2) is 4.79 Å². The number of carbonyl (C=O) groups excluding carboxylic acids is 2. The molecule has 0 amide bonds. The fourth-order valence-electron chi connectivity index (χ4n) is 3.40. The van der Waals surface area contributed by atoms with Gasteiger partial charge in [0, 0.05) is 22.3 Å². The minimum Gasteiger partial charge on any atom is -0.469 e. The molecule has 0 aliphatic carbocycles. The zero-order chi connectivity index (χ0) is 23.6. The molecular formula is C23H34ClNO4Si2. The molecule has 0 aromatic heterocycles. The number of nitrogens with zero attached hydrogens (tertiary/aromatic N) is 1. The number of hydrogen-bond donors (Lipinski definition) is 0. The van der Waals surface area contributed by atoms with Gasteiger partial charge in [-0.05, 0) is 31.5 Å². The van der Waals surface area contributed by atoms with Gasteiger partial charge in [-0.3, -0.25) is 9.79 Å². The molecule has 0 spiro atoms. The van der Waals surface area contributed by atoms with Crippen LogP contribution in [-0.4, -0.2) is 46.3 Å². The Balaban J connectivity index is 2.51. The number of hydrogen-bond acceptors (Lipinski definition) is 5. The highest BCUT2D eigenvalue weighted by Crippen LogP contribution is 2.40. The maximum absolute atomic E-state index is 13.2. The first-order valence-corrected chi connectivity index (χ1v) is 18.3. The van der Waals surface area contributed by atoms with Crippen molar-refractivity contribution in [2.75, 3.05) is 12.5 Å². The zero-order valence-corrected chi connectivity index (χ0v) is 22.6. The molecule has 31 heavy (non-hydrogen) atoms. The zero-order valence-electron chi connectivity index (χ0n) is 19.8. The third kappa shape index (κ3) is 7.15. The van der Waals surface area contributed by atoms with Crippen molar-refractivity contribution in [2.45, 2.75) is 59.0 Å². The molecule has 0 N–H and O–H groups in total. The summed E-state index contributed by atoms with van der Waals surface area (Å²) in [4.78, 5) is 31.0. The van der Waals surface area contributed by atoms with Crippen LogP contribution in [0.15, 0.2) is 40.5 Å². The summed E-state index contributed by atoms with van der Waals surface area (Å²) in [7, 11) is -3.22. The summed E-state index contributed by atoms with van der Waals surface area (Å²) in [5.41, 5.74) is 2.37. The number of halogens is 1. The maximum atomic E-state index is 13.2. The van der Waals surface area contributed by atoms with Crippen molar-refractivity contribution in [2.24, 2.45) is 10.9 Å². The topological polar surface area (TPSA) is 65.0 Å². The number of rotatable bonds is 7. The Hall–Kier alpha value is -1.71. The Morgan fingerprint density at radius 1 is 1.00 bits per heavy atom. The molecule has 0 saturated carbocycles. The summed E-state index contributed by atoms with van der Waals surface area (Å²) < 4.78 is 11.4. The van der Waals surface area contributed by atoms with E-state index in [0.29, 0.717) is 34.5 Å². The van der Waals surface area contributed by atoms with E-state index < -0.39 is 34.0 Å². The van der Waals surface area contributed by atoms with Gasteiger partial charge in [-0.15, -0.1) is 0 Å². The molecule has 1 aliphatic rings. The van der Waals surface area contributed by atoms with Gasteiger partial charge in [0.2, 0.25) is 0 Å². The second-order valence-electron chi connectivity index (χ2n) is 10.6. The van der Waals surface area contributed by atoms with E-state index in [1.54, 1.807) is 19.1 Å². The van der Waals surface area contributed by atoms with Crippen molar-refractivity contribution in [1.82, 2.24) is 0 Å². The summed E-state index contributed by atoms with van der Waals surface area (Å²) in [5, 5.41) is 0.541. The third-order valence-electron chi connectivity index (χ3n) is 4.79. The quantitative estimate of drug-likeness (QED) is 0.375. The molecule has 170 valence electrons. The van der Waals surface area contributed by atoms with E-state index in [1.165, 1.54) is 0 Å². The molecule has 0 radical (unpaired) electrons. The van der Waals surface area contributed by atoms with Crippen LogP contribution < -0.4 is 0 Å². The minimum atomic E-state index is -1.61. The molecule has 2 atom stereocenters. The number of benzene rings is 1. The molecule has 1 aromatic rings. The molecule has 0 fully saturated rings. The van der Waals surface area contributed by atoms with Crippen molar-refractivity contribution >= 4 is 45.4 Å². The standard InChI is InChI=1S/C23H34ClNO4Si2/c1-15-19(22(26)28-13-30(3,4)5)21(17-10-9-11-18(24)12-17)20(16(2)25-15)23(27)29-14-31(6,7)8/h9-12,19,21H,13-14H2,1-8H3. The summed E-state index contributed by atoms with van der Waals surface area (Å²) in [5.74, 6) is -2.05. The van der Waals surface area contributed by atoms with Crippen LogP contribution in [0, 0.1) is 5.92 Å². The Kier molecular flexibility index (Phi) is 8.11. The second-order valence-corrected chi connectivity index (χ2v) is 21.8. The van der Waals surface area contributed by atoms with E-state index in [2.05, 4.69) is 44.3 Å². The second kappa shape index (κ2) is 9.83. The van der Waals surface area contributed by atoms with Gasteiger partial charge < -0.3 is 9.47 Å². The molecule has 1 aliphatic heterocycles. The van der Waals surface area contributed by atoms with Gasteiger partial charge in [-0.2, -0.15) is 0 Å². The van der Waals surface area contributed by atoms with Gasteiger partial charge in [0.05, 0.1) is 34.2 Å². The van der Waals surface area contributed by atoms with Crippen LogP contribution in [0.1, 0.15) is 25.3 Å². The van der Waals surface area contributed by atoms with Crippen molar-refractivity contribution in [3.8, 4) is 0 Å². The first-order valence-electron chi connectivity index (χ1n) is 10.5. The van der Waals surface area contributed by atoms with Gasteiger partial charge in [0.15, 0.2) is 0 Å². The monoisotopic (exact) mass is 479 g/mol. The van der Waals surface area contributed by atoms with Crippen LogP contribution in [0.2, 0.25) is 44.3 Å². The maximum Gasteiger partial charge on any atom is 0.336 e. The number of allylic oxidation sites excluding steroid dienone is 1. The number of ether oxygens (including phenoxy) is 2. The molecule has 1 aromatic carbocycles. The lowest BCUT2D eigenvalue weighted by Gasteiger charge is -2.32. The van der Waals surface area contributed by atoms with E-state index in [4.69, 9.17) is 21.1 Å². The summed E-state index contributed by atoms with van der Waals surface area (Å²) >= 11 is 6.27. The van der Waals surface area contributed by atoms with Crippen molar-refractivity contribution in [3.05, 3.63) is 46.1 Å². The summed E-state index contributed by atoms with van der Waals surface area (Å²) in [6.45, 7) is 16.4. The lowest BCUT2D eigenvalue weighted by molar-refractivity contribution is -0.145. The third-order valence-corrected chi connectivity index (χ3v) is 7.05. The fraction of sp³-hybridized carbons (Fsp3) is 0.522. The minimum absolute atomic E-state index is 0.364. The molecule has 2 rings (SSSR count). The average molecular weight is 480 g/mol. The highest BCUT2D eigenvalue weighted by molar-refractivity contribution is 6.76. The highest BCUT2D eigenvalue weighted by atomic mass is 35.5. The lowest BCUT2D eigenvalue weighted by Crippen LogP contribution is -2.40. The normalized spacial score (nSPS) is 19.7. The van der Waals surface area contributed by atoms with E-state index in [0.717, 1.165) is 5.56 Å². The summed E-state index contributed by atoms with van der Waals surface area (Å²) in [6, 6.07) is 7.27. The first kappa shape index (κ1) is 25.6. The Bertz CT molecular complexity index is 913. The van der Waals surface area contributed by atoms with Gasteiger partial charge in [0.1, 0.15) is 5.92 Å². The SMILES string of the molecule is CC1=NC(C)=C(C(=O)OC[Si](C)(C)C)C(c2cccc(Cl)c2)C1C(=O)OC[Si](C)(C)C. The van der Waals surface area contributed by atoms with E-state index in [9.17, 15) is 9.59 Å². The predicted molar refractivity (Wildman–Crippen MR) is 132 cm³/mol. The van der Waals surface area contributed by atoms with Crippen LogP contribution in [0.25, 0.3) is 0 Å². The lowest BCUT2D eigenvalue weighted by atomic mass is 9.75. The molecular weight excluding hydrogens is 446 g/mol. The van der Waals surface area contributed by atoms with E-state index in [-0.39, 0.29) is 5.97 Å². The molecule has 5 nitrogen and oxygen atoms in total. The molecule has 1 heterocycles. The van der Waals surface area contributed by atoms with Gasteiger partial charge in [-0.1, -0.05) is 63.0 Å². The van der Waals surface area contributed by atoms with Crippen molar-refractivity contribution in [3.63, 3.8) is 0 Å². The number of esters is 2.